The second-order valence-corrected chi connectivity index (χ2v) is 6.28. The Morgan fingerprint density at radius 3 is 2.06 bits per heavy atom. The number of nitrogens with zero attached hydrogens (tertiary/aromatic N) is 1. The molecule has 1 N–H and O–H groups in total. The fraction of sp³-hybridized carbons (Fsp3) is 0.625. The molecular weight excluding hydrogens is 220 g/mol. The zero-order valence-electron chi connectivity index (χ0n) is 11.5. The summed E-state index contributed by atoms with van der Waals surface area (Å²) in [6.45, 7) is 1.02. The molecule has 98 valence electrons. The summed E-state index contributed by atoms with van der Waals surface area (Å²) < 4.78 is 0. The molecule has 0 bridgehead atoms. The van der Waals surface area contributed by atoms with Crippen molar-refractivity contribution < 1.29 is 0 Å². The van der Waals surface area contributed by atoms with Crippen LogP contribution in [0.1, 0.15) is 31.2 Å². The van der Waals surface area contributed by atoms with E-state index in [0.29, 0.717) is 0 Å². The summed E-state index contributed by atoms with van der Waals surface area (Å²) in [7, 11) is 4.23. The van der Waals surface area contributed by atoms with Gasteiger partial charge in [0.25, 0.3) is 0 Å². The molecule has 0 atom stereocenters. The van der Waals surface area contributed by atoms with E-state index >= 15 is 0 Å². The van der Waals surface area contributed by atoms with E-state index in [4.69, 9.17) is 0 Å². The Morgan fingerprint density at radius 2 is 1.61 bits per heavy atom. The molecule has 1 aromatic rings. The molecule has 0 spiro atoms. The molecule has 0 aliphatic heterocycles. The fourth-order valence-electron chi connectivity index (χ4n) is 2.80. The van der Waals surface area contributed by atoms with E-state index in [0.717, 1.165) is 24.4 Å². The van der Waals surface area contributed by atoms with Crippen molar-refractivity contribution in [1.29, 1.82) is 0 Å². The lowest BCUT2D eigenvalue weighted by atomic mass is 10.1. The highest BCUT2D eigenvalue weighted by Gasteiger charge is 2.41. The number of hydrogen-bond acceptors (Lipinski definition) is 2. The maximum absolute atomic E-state index is 3.77. The molecule has 2 aliphatic rings. The molecule has 0 saturated heterocycles. The lowest BCUT2D eigenvalue weighted by Crippen LogP contribution is -2.24. The van der Waals surface area contributed by atoms with Crippen molar-refractivity contribution in [2.24, 2.45) is 11.8 Å². The minimum absolute atomic E-state index is 0.754. The van der Waals surface area contributed by atoms with E-state index in [1.807, 2.05) is 0 Å². The molecule has 2 aliphatic carbocycles. The number of benzene rings is 1. The van der Waals surface area contributed by atoms with Gasteiger partial charge in [0, 0.05) is 18.3 Å². The van der Waals surface area contributed by atoms with Crippen LogP contribution in [0.3, 0.4) is 0 Å². The molecule has 2 nitrogen and oxygen atoms in total. The van der Waals surface area contributed by atoms with Crippen molar-refractivity contribution in [1.82, 2.24) is 4.90 Å². The van der Waals surface area contributed by atoms with Crippen molar-refractivity contribution in [3.05, 3.63) is 29.8 Å². The summed E-state index contributed by atoms with van der Waals surface area (Å²) in [6, 6.07) is 9.75. The first-order valence-corrected chi connectivity index (χ1v) is 7.22. The highest BCUT2D eigenvalue weighted by Crippen LogP contribution is 2.45. The smallest absolute Gasteiger partial charge is 0.0342 e. The minimum Gasteiger partial charge on any atom is -0.382 e. The van der Waals surface area contributed by atoms with Crippen LogP contribution in [0, 0.1) is 11.8 Å². The average Bonchev–Trinajstić information content (AvgIpc) is 3.20. The molecule has 3 rings (SSSR count). The Morgan fingerprint density at radius 1 is 1.06 bits per heavy atom. The zero-order chi connectivity index (χ0) is 12.5. The monoisotopic (exact) mass is 244 g/mol. The molecule has 2 fully saturated rings. The second kappa shape index (κ2) is 4.93. The van der Waals surface area contributed by atoms with Crippen LogP contribution < -0.4 is 5.32 Å². The first kappa shape index (κ1) is 12.0. The van der Waals surface area contributed by atoms with E-state index < -0.39 is 0 Å². The van der Waals surface area contributed by atoms with Gasteiger partial charge in [-0.15, -0.1) is 0 Å². The molecule has 0 unspecified atom stereocenters. The van der Waals surface area contributed by atoms with Crippen molar-refractivity contribution >= 4 is 5.69 Å². The Balaban J connectivity index is 1.61. The van der Waals surface area contributed by atoms with E-state index in [1.165, 1.54) is 36.9 Å². The first-order chi connectivity index (χ1) is 8.72. The van der Waals surface area contributed by atoms with Gasteiger partial charge in [-0.2, -0.15) is 0 Å². The van der Waals surface area contributed by atoms with Gasteiger partial charge in [-0.05, 0) is 69.3 Å². The third-order valence-electron chi connectivity index (χ3n) is 4.05. The second-order valence-electron chi connectivity index (χ2n) is 6.28. The third-order valence-corrected chi connectivity index (χ3v) is 4.05. The Labute approximate surface area is 110 Å². The van der Waals surface area contributed by atoms with Crippen LogP contribution in [-0.4, -0.2) is 25.0 Å². The molecule has 18 heavy (non-hydrogen) atoms. The van der Waals surface area contributed by atoms with Gasteiger partial charge in [-0.25, -0.2) is 0 Å². The number of hydrogen-bond donors (Lipinski definition) is 1. The SMILES string of the molecule is CN(C)Cc1ccc(NC(C2CC2)C2CC2)cc1. The summed E-state index contributed by atoms with van der Waals surface area (Å²) in [4.78, 5) is 2.21. The molecule has 1 aromatic carbocycles. The lowest BCUT2D eigenvalue weighted by molar-refractivity contribution is 0.402. The van der Waals surface area contributed by atoms with Gasteiger partial charge in [0.05, 0.1) is 0 Å². The Kier molecular flexibility index (Phi) is 3.29. The van der Waals surface area contributed by atoms with Gasteiger partial charge >= 0.3 is 0 Å². The minimum atomic E-state index is 0.754. The predicted octanol–water partition coefficient (Wildman–Crippen LogP) is 3.35. The topological polar surface area (TPSA) is 15.3 Å². The maximum atomic E-state index is 3.77. The van der Waals surface area contributed by atoms with Crippen LogP contribution in [0.2, 0.25) is 0 Å². The van der Waals surface area contributed by atoms with Crippen LogP contribution in [0.4, 0.5) is 5.69 Å². The van der Waals surface area contributed by atoms with Gasteiger partial charge in [0.15, 0.2) is 0 Å². The molecular formula is C16H24N2. The van der Waals surface area contributed by atoms with Gasteiger partial charge in [0.1, 0.15) is 0 Å². The summed E-state index contributed by atoms with van der Waals surface area (Å²) in [5, 5.41) is 3.77. The van der Waals surface area contributed by atoms with Crippen molar-refractivity contribution in [2.75, 3.05) is 19.4 Å². The summed E-state index contributed by atoms with van der Waals surface area (Å²) in [5.74, 6) is 1.91. The van der Waals surface area contributed by atoms with Crippen molar-refractivity contribution in [3.8, 4) is 0 Å². The quantitative estimate of drug-likeness (QED) is 0.825. The van der Waals surface area contributed by atoms with Crippen LogP contribution in [-0.2, 0) is 6.54 Å². The molecule has 0 radical (unpaired) electrons. The zero-order valence-corrected chi connectivity index (χ0v) is 11.5. The van der Waals surface area contributed by atoms with Gasteiger partial charge in [-0.3, -0.25) is 0 Å². The highest BCUT2D eigenvalue weighted by atomic mass is 15.0. The summed E-state index contributed by atoms with van der Waals surface area (Å²) in [6.07, 6.45) is 5.75. The highest BCUT2D eigenvalue weighted by molar-refractivity contribution is 5.46. The largest absolute Gasteiger partial charge is 0.382 e. The number of rotatable bonds is 6. The molecule has 2 heteroatoms. The number of nitrogens with one attached hydrogen (secondary N) is 1. The van der Waals surface area contributed by atoms with Crippen LogP contribution >= 0.6 is 0 Å². The molecule has 2 saturated carbocycles. The van der Waals surface area contributed by atoms with E-state index in [2.05, 4.69) is 48.6 Å². The van der Waals surface area contributed by atoms with E-state index in [9.17, 15) is 0 Å². The Hall–Kier alpha value is -1.02. The lowest BCUT2D eigenvalue weighted by Gasteiger charge is -2.19. The fourth-order valence-corrected chi connectivity index (χ4v) is 2.80. The Bertz CT molecular complexity index is 376. The third kappa shape index (κ3) is 3.05. The van der Waals surface area contributed by atoms with Crippen LogP contribution in [0.15, 0.2) is 24.3 Å². The van der Waals surface area contributed by atoms with Crippen LogP contribution in [0.5, 0.6) is 0 Å². The standard InChI is InChI=1S/C16H24N2/c1-18(2)11-12-3-9-15(10-4-12)17-16(13-5-6-13)14-7-8-14/h3-4,9-10,13-14,16-17H,5-8,11H2,1-2H3. The van der Waals surface area contributed by atoms with Crippen molar-refractivity contribution in [2.45, 2.75) is 38.3 Å². The summed E-state index contributed by atoms with van der Waals surface area (Å²) in [5.41, 5.74) is 2.70. The van der Waals surface area contributed by atoms with Crippen molar-refractivity contribution in [3.63, 3.8) is 0 Å². The molecule has 0 aromatic heterocycles. The molecule has 0 heterocycles. The van der Waals surface area contributed by atoms with Gasteiger partial charge in [-0.1, -0.05) is 12.1 Å². The first-order valence-electron chi connectivity index (χ1n) is 7.22. The molecule has 0 amide bonds. The normalized spacial score (nSPS) is 19.6. The number of anilines is 1. The van der Waals surface area contributed by atoms with Gasteiger partial charge in [0.2, 0.25) is 0 Å². The predicted molar refractivity (Wildman–Crippen MR) is 76.7 cm³/mol. The maximum Gasteiger partial charge on any atom is 0.0342 e. The van der Waals surface area contributed by atoms with Gasteiger partial charge < -0.3 is 10.2 Å². The summed E-state index contributed by atoms with van der Waals surface area (Å²) >= 11 is 0. The average molecular weight is 244 g/mol. The van der Waals surface area contributed by atoms with E-state index in [-0.39, 0.29) is 0 Å². The van der Waals surface area contributed by atoms with E-state index in [1.54, 1.807) is 0 Å². The van der Waals surface area contributed by atoms with Crippen LogP contribution in [0.25, 0.3) is 0 Å².